The van der Waals surface area contributed by atoms with Crippen LogP contribution >= 0.6 is 0 Å². The summed E-state index contributed by atoms with van der Waals surface area (Å²) in [6, 6.07) is 14.7. The van der Waals surface area contributed by atoms with Crippen molar-refractivity contribution in [1.29, 1.82) is 0 Å². The van der Waals surface area contributed by atoms with E-state index >= 15 is 0 Å². The molecule has 0 amide bonds. The van der Waals surface area contributed by atoms with Crippen molar-refractivity contribution in [2.24, 2.45) is 0 Å². The highest BCUT2D eigenvalue weighted by Gasteiger charge is 2.43. The van der Waals surface area contributed by atoms with Crippen molar-refractivity contribution in [3.8, 4) is 23.8 Å². The third-order valence-electron chi connectivity index (χ3n) is 6.88. The van der Waals surface area contributed by atoms with E-state index in [9.17, 15) is 0 Å². The van der Waals surface area contributed by atoms with Gasteiger partial charge in [-0.05, 0) is 75.5 Å². The molecule has 2 aromatic rings. The van der Waals surface area contributed by atoms with E-state index in [0.717, 1.165) is 48.6 Å². The van der Waals surface area contributed by atoms with Gasteiger partial charge in [0, 0.05) is 29.3 Å². The molecule has 2 aromatic carbocycles. The SMILES string of the molecule is C#CCOc1ccc2c(c1)OC1=C(/C=C/C3=[N+](CC)c4ccccc4C3(C)C)CCCC1=C2. The number of para-hydroxylation sites is 1. The summed E-state index contributed by atoms with van der Waals surface area (Å²) in [5, 5.41) is 0. The first-order chi connectivity index (χ1) is 16.0. The van der Waals surface area contributed by atoms with Crippen LogP contribution in [0.3, 0.4) is 0 Å². The summed E-state index contributed by atoms with van der Waals surface area (Å²) in [6.45, 7) is 8.05. The summed E-state index contributed by atoms with van der Waals surface area (Å²) < 4.78 is 14.5. The highest BCUT2D eigenvalue weighted by atomic mass is 16.5. The molecule has 1 aliphatic carbocycles. The van der Waals surface area contributed by atoms with Gasteiger partial charge in [-0.3, -0.25) is 0 Å². The molecule has 0 radical (unpaired) electrons. The van der Waals surface area contributed by atoms with Crippen LogP contribution in [-0.4, -0.2) is 23.4 Å². The maximum atomic E-state index is 6.46. The summed E-state index contributed by atoms with van der Waals surface area (Å²) in [4.78, 5) is 0. The van der Waals surface area contributed by atoms with Gasteiger partial charge in [-0.25, -0.2) is 0 Å². The Labute approximate surface area is 196 Å². The molecule has 0 saturated heterocycles. The Bertz CT molecular complexity index is 1280. The maximum Gasteiger partial charge on any atom is 0.209 e. The number of hydrogen-bond donors (Lipinski definition) is 0. The number of hydrogen-bond acceptors (Lipinski definition) is 2. The third-order valence-corrected chi connectivity index (χ3v) is 6.88. The van der Waals surface area contributed by atoms with Crippen LogP contribution in [0.4, 0.5) is 5.69 Å². The fourth-order valence-electron chi connectivity index (χ4n) is 5.23. The maximum absolute atomic E-state index is 6.46. The predicted molar refractivity (Wildman–Crippen MR) is 134 cm³/mol. The largest absolute Gasteiger partial charge is 0.481 e. The van der Waals surface area contributed by atoms with E-state index in [2.05, 4.69) is 73.8 Å². The Morgan fingerprint density at radius 1 is 1.15 bits per heavy atom. The minimum Gasteiger partial charge on any atom is -0.481 e. The average Bonchev–Trinajstić information content (AvgIpc) is 3.05. The monoisotopic (exact) mass is 436 g/mol. The molecule has 3 heteroatoms. The summed E-state index contributed by atoms with van der Waals surface area (Å²) >= 11 is 0. The number of ether oxygens (including phenoxy) is 2. The lowest BCUT2D eigenvalue weighted by Gasteiger charge is -2.26. The van der Waals surface area contributed by atoms with Crippen LogP contribution in [-0.2, 0) is 5.41 Å². The highest BCUT2D eigenvalue weighted by Crippen LogP contribution is 2.42. The summed E-state index contributed by atoms with van der Waals surface area (Å²) in [7, 11) is 0. The fraction of sp³-hybridized carbons (Fsp3) is 0.300. The topological polar surface area (TPSA) is 21.5 Å². The number of fused-ring (bicyclic) bond motifs is 3. The molecule has 0 aromatic heterocycles. The third kappa shape index (κ3) is 3.70. The van der Waals surface area contributed by atoms with Crippen molar-refractivity contribution >= 4 is 17.5 Å². The van der Waals surface area contributed by atoms with E-state index in [4.69, 9.17) is 15.9 Å². The molecule has 5 rings (SSSR count). The molecular weight excluding hydrogens is 406 g/mol. The summed E-state index contributed by atoms with van der Waals surface area (Å²) in [6.07, 6.45) is 15.4. The average molecular weight is 437 g/mol. The van der Waals surface area contributed by atoms with E-state index in [1.807, 2.05) is 18.2 Å². The molecule has 2 heterocycles. The van der Waals surface area contributed by atoms with Crippen molar-refractivity contribution in [3.05, 3.63) is 82.6 Å². The van der Waals surface area contributed by atoms with Crippen LogP contribution < -0.4 is 9.47 Å². The van der Waals surface area contributed by atoms with Crippen molar-refractivity contribution < 1.29 is 14.0 Å². The first-order valence-electron chi connectivity index (χ1n) is 11.8. The van der Waals surface area contributed by atoms with Gasteiger partial charge in [0.15, 0.2) is 5.71 Å². The molecule has 0 unspecified atom stereocenters. The van der Waals surface area contributed by atoms with Crippen molar-refractivity contribution in [2.45, 2.75) is 45.4 Å². The minimum absolute atomic E-state index is 0.0368. The Hall–Kier alpha value is -3.51. The van der Waals surface area contributed by atoms with Gasteiger partial charge in [0.2, 0.25) is 5.69 Å². The minimum atomic E-state index is -0.0368. The van der Waals surface area contributed by atoms with Crippen LogP contribution in [0.1, 0.15) is 51.2 Å². The van der Waals surface area contributed by atoms with Crippen LogP contribution in [0.2, 0.25) is 0 Å². The van der Waals surface area contributed by atoms with E-state index in [0.29, 0.717) is 0 Å². The number of rotatable bonds is 5. The molecule has 3 nitrogen and oxygen atoms in total. The zero-order valence-electron chi connectivity index (χ0n) is 19.7. The lowest BCUT2D eigenvalue weighted by Crippen LogP contribution is -2.27. The van der Waals surface area contributed by atoms with Crippen molar-refractivity contribution in [2.75, 3.05) is 13.2 Å². The highest BCUT2D eigenvalue weighted by molar-refractivity contribution is 6.03. The summed E-state index contributed by atoms with van der Waals surface area (Å²) in [5.41, 5.74) is 7.61. The predicted octanol–water partition coefficient (Wildman–Crippen LogP) is 6.56. The van der Waals surface area contributed by atoms with E-state index in [1.165, 1.54) is 28.1 Å². The molecule has 166 valence electrons. The smallest absolute Gasteiger partial charge is 0.209 e. The summed E-state index contributed by atoms with van der Waals surface area (Å²) in [5.74, 6) is 5.07. The van der Waals surface area contributed by atoms with Gasteiger partial charge in [-0.15, -0.1) is 6.42 Å². The van der Waals surface area contributed by atoms with E-state index in [1.54, 1.807) is 0 Å². The number of benzene rings is 2. The van der Waals surface area contributed by atoms with Gasteiger partial charge < -0.3 is 9.47 Å². The Morgan fingerprint density at radius 2 is 2.00 bits per heavy atom. The zero-order chi connectivity index (χ0) is 23.0. The van der Waals surface area contributed by atoms with Gasteiger partial charge in [0.25, 0.3) is 0 Å². The number of allylic oxidation sites excluding steroid dienone is 4. The first-order valence-corrected chi connectivity index (χ1v) is 11.8. The van der Waals surface area contributed by atoms with Gasteiger partial charge >= 0.3 is 0 Å². The van der Waals surface area contributed by atoms with Crippen LogP contribution in [0.25, 0.3) is 6.08 Å². The lowest BCUT2D eigenvalue weighted by molar-refractivity contribution is -0.433. The Kier molecular flexibility index (Phi) is 5.46. The van der Waals surface area contributed by atoms with E-state index in [-0.39, 0.29) is 12.0 Å². The Balaban J connectivity index is 1.51. The van der Waals surface area contributed by atoms with Crippen molar-refractivity contribution in [1.82, 2.24) is 0 Å². The standard InChI is InChI=1S/C30H30NO2/c1-5-18-32-24-16-14-22-19-23-11-9-10-21(29(23)33-27(22)20-24)15-17-28-30(3,4)25-12-7-8-13-26(25)31(28)6-2/h1,7-8,12-17,19-20H,6,9-11,18H2,2-4H3/q+1/b17-15+. The molecular formula is C30H30NO2+. The second-order valence-electron chi connectivity index (χ2n) is 9.28. The number of terminal acetylenes is 1. The molecule has 0 atom stereocenters. The molecule has 0 N–H and O–H groups in total. The van der Waals surface area contributed by atoms with Gasteiger partial charge in [0.05, 0.1) is 5.41 Å². The normalized spacial score (nSPS) is 18.3. The zero-order valence-corrected chi connectivity index (χ0v) is 19.7. The van der Waals surface area contributed by atoms with Gasteiger partial charge in [-0.2, -0.15) is 4.58 Å². The number of nitrogens with zero attached hydrogens (tertiary/aromatic N) is 1. The van der Waals surface area contributed by atoms with Crippen LogP contribution in [0, 0.1) is 12.3 Å². The van der Waals surface area contributed by atoms with E-state index < -0.39 is 0 Å². The van der Waals surface area contributed by atoms with Crippen LogP contribution in [0.15, 0.2) is 71.5 Å². The lowest BCUT2D eigenvalue weighted by atomic mass is 9.81. The molecule has 33 heavy (non-hydrogen) atoms. The molecule has 2 aliphatic heterocycles. The fourth-order valence-corrected chi connectivity index (χ4v) is 5.23. The molecule has 0 bridgehead atoms. The second kappa shape index (κ2) is 8.45. The van der Waals surface area contributed by atoms with Crippen molar-refractivity contribution in [3.63, 3.8) is 0 Å². The first kappa shape index (κ1) is 21.3. The molecule has 0 saturated carbocycles. The molecule has 3 aliphatic rings. The second-order valence-corrected chi connectivity index (χ2v) is 9.28. The Morgan fingerprint density at radius 3 is 2.82 bits per heavy atom. The molecule has 0 fully saturated rings. The van der Waals surface area contributed by atoms with Crippen LogP contribution in [0.5, 0.6) is 11.5 Å². The quantitative estimate of drug-likeness (QED) is 0.391. The molecule has 0 spiro atoms. The van der Waals surface area contributed by atoms with Gasteiger partial charge in [0.1, 0.15) is 30.4 Å². The van der Waals surface area contributed by atoms with Gasteiger partial charge in [-0.1, -0.05) is 24.1 Å².